The van der Waals surface area contributed by atoms with Gasteiger partial charge in [0.05, 0.1) is 21.4 Å². The monoisotopic (exact) mass is 882 g/mol. The number of rotatable bonds is 12. The molecule has 1 atom stereocenters. The number of aryl methyl sites for hydroxylation is 1. The number of nitrogens with zero attached hydrogens (tertiary/aromatic N) is 9. The minimum atomic E-state index is -4.64. The molecule has 5 heterocycles. The zero-order chi connectivity index (χ0) is 42.6. The van der Waals surface area contributed by atoms with Gasteiger partial charge >= 0.3 is 0 Å². The van der Waals surface area contributed by atoms with E-state index in [1.54, 1.807) is 40.8 Å². The third-order valence-corrected chi connectivity index (χ3v) is 18.0. The molecule has 3 aliphatic rings. The maximum atomic E-state index is 13.6. The molecular formula is C40H54N10O7S3. The largest absolute Gasteiger partial charge is 0.356 e. The van der Waals surface area contributed by atoms with Crippen LogP contribution in [0.25, 0.3) is 22.1 Å². The van der Waals surface area contributed by atoms with Crippen molar-refractivity contribution in [2.45, 2.75) is 80.5 Å². The first-order valence-electron chi connectivity index (χ1n) is 20.6. The Morgan fingerprint density at radius 1 is 0.783 bits per heavy atom. The number of H-pyrrole nitrogens is 1. The van der Waals surface area contributed by atoms with E-state index in [-0.39, 0.29) is 40.1 Å². The molecule has 324 valence electrons. The van der Waals surface area contributed by atoms with Gasteiger partial charge in [0, 0.05) is 64.8 Å². The maximum absolute atomic E-state index is 13.6. The van der Waals surface area contributed by atoms with Crippen molar-refractivity contribution in [3.05, 3.63) is 66.5 Å². The third kappa shape index (κ3) is 8.37. The Labute approximate surface area is 352 Å². The van der Waals surface area contributed by atoms with Crippen molar-refractivity contribution in [1.82, 2.24) is 38.1 Å². The number of aromatic nitrogens is 6. The fourth-order valence-corrected chi connectivity index (χ4v) is 13.7. The van der Waals surface area contributed by atoms with Gasteiger partial charge in [0.25, 0.3) is 20.1 Å². The van der Waals surface area contributed by atoms with Gasteiger partial charge in [0.2, 0.25) is 10.0 Å². The lowest BCUT2D eigenvalue weighted by atomic mass is 9.83. The van der Waals surface area contributed by atoms with Gasteiger partial charge in [-0.05, 0) is 101 Å². The highest BCUT2D eigenvalue weighted by atomic mass is 32.2. The third-order valence-electron chi connectivity index (χ3n) is 13.0. The molecule has 5 aromatic rings. The van der Waals surface area contributed by atoms with Crippen molar-refractivity contribution in [1.29, 1.82) is 0 Å². The van der Waals surface area contributed by atoms with Crippen molar-refractivity contribution in [3.8, 4) is 0 Å². The second-order valence-electron chi connectivity index (χ2n) is 16.9. The molecule has 2 aliphatic carbocycles. The average Bonchev–Trinajstić information content (AvgIpc) is 3.89. The van der Waals surface area contributed by atoms with Crippen LogP contribution >= 0.6 is 0 Å². The molecule has 20 heteroatoms. The van der Waals surface area contributed by atoms with E-state index in [1.165, 1.54) is 16.5 Å². The number of piperazine rings is 1. The highest BCUT2D eigenvalue weighted by molar-refractivity contribution is 7.90. The molecule has 60 heavy (non-hydrogen) atoms. The number of fused-ring (bicyclic) bond motifs is 2. The summed E-state index contributed by atoms with van der Waals surface area (Å²) in [6, 6.07) is 10.2. The summed E-state index contributed by atoms with van der Waals surface area (Å²) in [5.41, 5.74) is 1.67. The standard InChI is InChI=1S/C40H54N10O7S3/c1-27-5-15-32(16-6-27)59(53,54)50-20-18-34-38(42-26-43-39(34)50)47(3)31-13-9-29(10-14-31)35(60(55,56)57)37-44-36-33(17-19-41-36)40(45-37)48(4)30-11-7-28(8-12-30)25-58(51,52)49-23-21-46(2)22-24-49/h5-6,15-20,26,28-31,35H,7-14,21-25H2,1-4H3,(H,41,44,45)(H,55,56,57). The minimum absolute atomic E-state index is 0.0340. The Morgan fingerprint density at radius 2 is 1.42 bits per heavy atom. The van der Waals surface area contributed by atoms with Gasteiger partial charge < -0.3 is 19.7 Å². The van der Waals surface area contributed by atoms with Gasteiger partial charge in [0.15, 0.2) is 11.5 Å². The Kier molecular flexibility index (Phi) is 11.7. The molecule has 2 N–H and O–H groups in total. The van der Waals surface area contributed by atoms with Gasteiger partial charge in [-0.15, -0.1) is 0 Å². The summed E-state index contributed by atoms with van der Waals surface area (Å²) < 4.78 is 93.8. The zero-order valence-corrected chi connectivity index (χ0v) is 36.9. The number of anilines is 2. The second-order valence-corrected chi connectivity index (χ2v) is 22.3. The highest BCUT2D eigenvalue weighted by Crippen LogP contribution is 2.42. The van der Waals surface area contributed by atoms with E-state index in [9.17, 15) is 29.8 Å². The molecule has 8 rings (SSSR count). The Balaban J connectivity index is 0.967. The Hall–Kier alpha value is -4.21. The topological polar surface area (TPSA) is 208 Å². The zero-order valence-electron chi connectivity index (χ0n) is 34.4. The van der Waals surface area contributed by atoms with Crippen LogP contribution in [0.15, 0.2) is 60.0 Å². The second kappa shape index (κ2) is 16.6. The van der Waals surface area contributed by atoms with Gasteiger partial charge in [-0.1, -0.05) is 17.7 Å². The number of aromatic amines is 1. The van der Waals surface area contributed by atoms with E-state index in [4.69, 9.17) is 4.98 Å². The van der Waals surface area contributed by atoms with Crippen molar-refractivity contribution in [2.24, 2.45) is 11.8 Å². The fraction of sp³-hybridized carbons (Fsp3) is 0.550. The Bertz CT molecular complexity index is 2670. The molecule has 3 fully saturated rings. The number of hydrogen-bond acceptors (Lipinski definition) is 13. The Morgan fingerprint density at radius 3 is 2.07 bits per heavy atom. The van der Waals surface area contributed by atoms with Crippen LogP contribution in [0.2, 0.25) is 0 Å². The number of sulfonamides is 1. The number of likely N-dealkylation sites (N-methyl/N-ethyl adjacent to an activating group) is 1. The lowest BCUT2D eigenvalue weighted by Gasteiger charge is -2.38. The fourth-order valence-electron chi connectivity index (χ4n) is 9.44. The first kappa shape index (κ1) is 42.5. The molecule has 17 nitrogen and oxygen atoms in total. The summed E-state index contributed by atoms with van der Waals surface area (Å²) in [6.07, 6.45) is 9.65. The van der Waals surface area contributed by atoms with Crippen LogP contribution in [-0.4, -0.2) is 133 Å². The molecule has 2 saturated carbocycles. The summed E-state index contributed by atoms with van der Waals surface area (Å²) in [5, 5.41) is -0.0508. The molecule has 4 aromatic heterocycles. The molecule has 1 saturated heterocycles. The van der Waals surface area contributed by atoms with Crippen LogP contribution in [-0.2, 0) is 30.2 Å². The smallest absolute Gasteiger partial charge is 0.275 e. The summed E-state index contributed by atoms with van der Waals surface area (Å²) in [6.45, 7) is 4.41. The molecule has 0 bridgehead atoms. The number of hydrogen-bond donors (Lipinski definition) is 2. The summed E-state index contributed by atoms with van der Waals surface area (Å²) in [5.74, 6) is 0.900. The maximum Gasteiger partial charge on any atom is 0.275 e. The molecule has 1 aromatic carbocycles. The molecule has 0 spiro atoms. The van der Waals surface area contributed by atoms with Crippen molar-refractivity contribution >= 4 is 63.9 Å². The van der Waals surface area contributed by atoms with Crippen molar-refractivity contribution in [2.75, 3.05) is 62.9 Å². The molecule has 1 aliphatic heterocycles. The lowest BCUT2D eigenvalue weighted by molar-refractivity contribution is 0.220. The number of benzene rings is 1. The van der Waals surface area contributed by atoms with Crippen LogP contribution in [0.1, 0.15) is 68.0 Å². The summed E-state index contributed by atoms with van der Waals surface area (Å²) in [4.78, 5) is 27.9. The summed E-state index contributed by atoms with van der Waals surface area (Å²) >= 11 is 0. The SMILES string of the molecule is Cc1ccc(S(=O)(=O)n2ccc3c(N(C)C4CCC(C(c5nc(N(C)C6CCC(CS(=O)(=O)N7CCN(C)CC7)CC6)c6cc[nH]c6n5)S(=O)(=O)O)CC4)ncnc32)cc1. The predicted octanol–water partition coefficient (Wildman–Crippen LogP) is 4.44. The highest BCUT2D eigenvalue weighted by Gasteiger charge is 2.41. The molecule has 0 amide bonds. The molecular weight excluding hydrogens is 829 g/mol. The van der Waals surface area contributed by atoms with Crippen molar-refractivity contribution < 1.29 is 29.8 Å². The van der Waals surface area contributed by atoms with E-state index >= 15 is 0 Å². The van der Waals surface area contributed by atoms with E-state index in [2.05, 4.69) is 29.7 Å². The van der Waals surface area contributed by atoms with Gasteiger partial charge in [-0.3, -0.25) is 4.55 Å². The van der Waals surface area contributed by atoms with Crippen LogP contribution in [0.5, 0.6) is 0 Å². The van der Waals surface area contributed by atoms with Gasteiger partial charge in [-0.25, -0.2) is 40.7 Å². The minimum Gasteiger partial charge on any atom is -0.356 e. The van der Waals surface area contributed by atoms with Crippen LogP contribution in [0, 0.1) is 18.8 Å². The van der Waals surface area contributed by atoms with E-state index < -0.39 is 41.3 Å². The normalized spacial score (nSPS) is 23.2. The van der Waals surface area contributed by atoms with Crippen LogP contribution in [0.3, 0.4) is 0 Å². The van der Waals surface area contributed by atoms with Crippen molar-refractivity contribution in [3.63, 3.8) is 0 Å². The van der Waals surface area contributed by atoms with Crippen LogP contribution < -0.4 is 9.80 Å². The van der Waals surface area contributed by atoms with Gasteiger partial charge in [-0.2, -0.15) is 12.7 Å². The van der Waals surface area contributed by atoms with Crippen LogP contribution in [0.4, 0.5) is 11.6 Å². The molecule has 0 radical (unpaired) electrons. The predicted molar refractivity (Wildman–Crippen MR) is 231 cm³/mol. The first-order chi connectivity index (χ1) is 28.5. The quantitative estimate of drug-likeness (QED) is 0.166. The van der Waals surface area contributed by atoms with E-state index in [0.29, 0.717) is 61.4 Å². The molecule has 1 unspecified atom stereocenters. The number of nitrogens with one attached hydrogen (secondary N) is 1. The summed E-state index contributed by atoms with van der Waals surface area (Å²) in [7, 11) is -6.07. The first-order valence-corrected chi connectivity index (χ1v) is 25.1. The van der Waals surface area contributed by atoms with E-state index in [1.807, 2.05) is 39.0 Å². The van der Waals surface area contributed by atoms with E-state index in [0.717, 1.165) is 49.7 Å². The average molecular weight is 883 g/mol. The lowest BCUT2D eigenvalue weighted by Crippen LogP contribution is -2.48. The van der Waals surface area contributed by atoms with Gasteiger partial charge in [0.1, 0.15) is 28.9 Å².